The Bertz CT molecular complexity index is 913. The second-order valence-electron chi connectivity index (χ2n) is 6.21. The fraction of sp³-hybridized carbons (Fsp3) is 0.450. The molecule has 2 aromatic rings. The number of nitrogens with one attached hydrogen (secondary N) is 1. The van der Waals surface area contributed by atoms with Gasteiger partial charge in [-0.25, -0.2) is 4.79 Å². The molecule has 0 spiro atoms. The van der Waals surface area contributed by atoms with Crippen LogP contribution in [-0.2, 0) is 25.5 Å². The third-order valence-electron chi connectivity index (χ3n) is 3.77. The number of carbonyl (C=O) groups excluding carboxylic acids is 3. The summed E-state index contributed by atoms with van der Waals surface area (Å²) >= 11 is 0. The molecule has 168 valence electrons. The minimum Gasteiger partial charge on any atom is -0.467 e. The van der Waals surface area contributed by atoms with Crippen LogP contribution >= 0.6 is 0 Å². The normalized spacial score (nSPS) is 13.1. The molecular formula is C20H26N4O7. The highest BCUT2D eigenvalue weighted by Crippen LogP contribution is 2.31. The predicted molar refractivity (Wildman–Crippen MR) is 111 cm³/mol. The number of nitrogens with zero attached hydrogens (tertiary/aromatic N) is 3. The summed E-state index contributed by atoms with van der Waals surface area (Å²) in [6.07, 6.45) is 4.51. The van der Waals surface area contributed by atoms with Gasteiger partial charge in [-0.15, -0.1) is 0 Å². The third-order valence-corrected chi connectivity index (χ3v) is 3.77. The minimum absolute atomic E-state index is 0.210. The van der Waals surface area contributed by atoms with Crippen molar-refractivity contribution < 1.29 is 32.7 Å². The first kappa shape index (κ1) is 25.3. The molecule has 0 aromatic carbocycles. The zero-order valence-corrected chi connectivity index (χ0v) is 17.9. The van der Waals surface area contributed by atoms with E-state index in [1.165, 1.54) is 0 Å². The Morgan fingerprint density at radius 3 is 2.45 bits per heavy atom. The lowest BCUT2D eigenvalue weighted by Gasteiger charge is -2.09. The molecule has 1 aliphatic rings. The molecule has 3 rings (SSSR count). The van der Waals surface area contributed by atoms with Crippen molar-refractivity contribution in [2.45, 2.75) is 40.2 Å². The maximum Gasteiger partial charge on any atom is 0.329 e. The first-order chi connectivity index (χ1) is 14.9. The molecule has 0 saturated heterocycles. The van der Waals surface area contributed by atoms with Gasteiger partial charge >= 0.3 is 11.9 Å². The highest BCUT2D eigenvalue weighted by molar-refractivity contribution is 5.82. The molecule has 1 N–H and O–H groups in total. The van der Waals surface area contributed by atoms with Crippen molar-refractivity contribution in [1.82, 2.24) is 0 Å². The van der Waals surface area contributed by atoms with Gasteiger partial charge < -0.3 is 23.6 Å². The summed E-state index contributed by atoms with van der Waals surface area (Å²) in [4.78, 5) is 34.0. The van der Waals surface area contributed by atoms with E-state index in [4.69, 9.17) is 19.1 Å². The van der Waals surface area contributed by atoms with Gasteiger partial charge in [0.2, 0.25) is 0 Å². The van der Waals surface area contributed by atoms with Gasteiger partial charge in [-0.3, -0.25) is 9.59 Å². The molecule has 0 saturated carbocycles. The largest absolute Gasteiger partial charge is 0.467 e. The van der Waals surface area contributed by atoms with Gasteiger partial charge in [0.15, 0.2) is 12.0 Å². The zero-order valence-electron chi connectivity index (χ0n) is 17.9. The molecule has 0 radical (unpaired) electrons. The number of hydrogen-bond donors (Lipinski definition) is 1. The number of rotatable bonds is 6. The number of furan rings is 2. The SMILES string of the molecule is CCOC(=O)C1Cc2occ(C)c2N1.CCOC(=O)CN=[N+]=[N-].Cc1coc(C=O)c1. The molecule has 1 aliphatic heterocycles. The molecule has 1 atom stereocenters. The lowest BCUT2D eigenvalue weighted by atomic mass is 10.2. The smallest absolute Gasteiger partial charge is 0.329 e. The van der Waals surface area contributed by atoms with Crippen molar-refractivity contribution in [3.05, 3.63) is 51.7 Å². The van der Waals surface area contributed by atoms with E-state index in [0.29, 0.717) is 31.7 Å². The zero-order chi connectivity index (χ0) is 23.2. The lowest BCUT2D eigenvalue weighted by Crippen LogP contribution is -2.29. The summed E-state index contributed by atoms with van der Waals surface area (Å²) in [5.74, 6) is 0.539. The number of aldehydes is 1. The number of azide groups is 1. The van der Waals surface area contributed by atoms with Crippen LogP contribution in [0, 0.1) is 13.8 Å². The van der Waals surface area contributed by atoms with Crippen LogP contribution in [0.15, 0.2) is 32.5 Å². The van der Waals surface area contributed by atoms with E-state index in [0.717, 1.165) is 22.6 Å². The molecule has 11 nitrogen and oxygen atoms in total. The molecular weight excluding hydrogens is 408 g/mol. The Balaban J connectivity index is 0.000000247. The molecule has 3 heterocycles. The standard InChI is InChI=1S/C10H13NO3.C6H6O2.C4H7N3O2/c1-3-13-10(12)7-4-8-9(11-7)6(2)5-14-8;1-5-2-6(3-7)8-4-5;1-2-9-4(8)3-6-7-5/h5,7,11H,3-4H2,1-2H3;2-4H,1H3;2-3H2,1H3. The number of hydrogen-bond acceptors (Lipinski definition) is 9. The Morgan fingerprint density at radius 1 is 1.26 bits per heavy atom. The Hall–Kier alpha value is -3.72. The van der Waals surface area contributed by atoms with E-state index in [1.54, 1.807) is 32.4 Å². The van der Waals surface area contributed by atoms with E-state index in [-0.39, 0.29) is 18.6 Å². The molecule has 31 heavy (non-hydrogen) atoms. The summed E-state index contributed by atoms with van der Waals surface area (Å²) in [5.41, 5.74) is 10.7. The fourth-order valence-corrected chi connectivity index (χ4v) is 2.45. The molecule has 1 unspecified atom stereocenters. The van der Waals surface area contributed by atoms with Gasteiger partial charge in [0.05, 0.1) is 31.4 Å². The highest BCUT2D eigenvalue weighted by atomic mass is 16.5. The lowest BCUT2D eigenvalue weighted by molar-refractivity contribution is -0.144. The summed E-state index contributed by atoms with van der Waals surface area (Å²) in [6.45, 7) is 7.82. The van der Waals surface area contributed by atoms with Crippen molar-refractivity contribution in [2.24, 2.45) is 5.11 Å². The van der Waals surface area contributed by atoms with E-state index in [9.17, 15) is 14.4 Å². The van der Waals surface area contributed by atoms with Gasteiger partial charge in [0.1, 0.15) is 18.3 Å². The molecule has 2 aromatic heterocycles. The van der Waals surface area contributed by atoms with Crippen LogP contribution in [-0.4, -0.2) is 44.0 Å². The van der Waals surface area contributed by atoms with Crippen LogP contribution < -0.4 is 5.32 Å². The summed E-state index contributed by atoms with van der Waals surface area (Å²) in [7, 11) is 0. The maximum atomic E-state index is 11.4. The average molecular weight is 434 g/mol. The number of esters is 2. The minimum atomic E-state index is -0.490. The second-order valence-corrected chi connectivity index (χ2v) is 6.21. The van der Waals surface area contributed by atoms with Crippen molar-refractivity contribution >= 4 is 23.9 Å². The van der Waals surface area contributed by atoms with Crippen LogP contribution in [0.25, 0.3) is 10.4 Å². The molecule has 11 heteroatoms. The second kappa shape index (κ2) is 13.5. The first-order valence-electron chi connectivity index (χ1n) is 9.53. The predicted octanol–water partition coefficient (Wildman–Crippen LogP) is 3.75. The van der Waals surface area contributed by atoms with Gasteiger partial charge in [-0.1, -0.05) is 5.11 Å². The number of fused-ring (bicyclic) bond motifs is 1. The summed E-state index contributed by atoms with van der Waals surface area (Å²) in [5, 5.41) is 6.10. The Morgan fingerprint density at radius 2 is 1.97 bits per heavy atom. The number of aryl methyl sites for hydroxylation is 2. The number of ether oxygens (including phenoxy) is 2. The number of carbonyl (C=O) groups is 3. The van der Waals surface area contributed by atoms with Gasteiger partial charge in [0.25, 0.3) is 0 Å². The van der Waals surface area contributed by atoms with Crippen molar-refractivity contribution in [2.75, 3.05) is 25.1 Å². The Labute approximate surface area is 179 Å². The van der Waals surface area contributed by atoms with E-state index in [1.807, 2.05) is 13.8 Å². The van der Waals surface area contributed by atoms with Crippen LogP contribution in [0.5, 0.6) is 0 Å². The number of anilines is 1. The van der Waals surface area contributed by atoms with Crippen LogP contribution in [0.4, 0.5) is 5.69 Å². The molecule has 0 fully saturated rings. The molecule has 0 amide bonds. The third kappa shape index (κ3) is 8.67. The van der Waals surface area contributed by atoms with Gasteiger partial charge in [-0.2, -0.15) is 0 Å². The van der Waals surface area contributed by atoms with Crippen molar-refractivity contribution in [3.63, 3.8) is 0 Å². The summed E-state index contributed by atoms with van der Waals surface area (Å²) < 4.78 is 19.4. The quantitative estimate of drug-likeness (QED) is 0.237. The van der Waals surface area contributed by atoms with Gasteiger partial charge in [0, 0.05) is 16.9 Å². The average Bonchev–Trinajstić information content (AvgIpc) is 3.45. The van der Waals surface area contributed by atoms with Crippen molar-refractivity contribution in [3.8, 4) is 0 Å². The van der Waals surface area contributed by atoms with E-state index < -0.39 is 5.97 Å². The monoisotopic (exact) mass is 434 g/mol. The van der Waals surface area contributed by atoms with E-state index in [2.05, 4.69) is 20.1 Å². The topological polar surface area (TPSA) is 157 Å². The van der Waals surface area contributed by atoms with Gasteiger partial charge in [-0.05, 0) is 44.9 Å². The van der Waals surface area contributed by atoms with E-state index >= 15 is 0 Å². The Kier molecular flexibility index (Phi) is 11.0. The maximum absolute atomic E-state index is 11.4. The first-order valence-corrected chi connectivity index (χ1v) is 9.53. The van der Waals surface area contributed by atoms with Crippen LogP contribution in [0.3, 0.4) is 0 Å². The van der Waals surface area contributed by atoms with Crippen molar-refractivity contribution in [1.29, 1.82) is 0 Å². The fourth-order valence-electron chi connectivity index (χ4n) is 2.45. The van der Waals surface area contributed by atoms with Crippen LogP contribution in [0.2, 0.25) is 0 Å². The highest BCUT2D eigenvalue weighted by Gasteiger charge is 2.31. The molecule has 0 aliphatic carbocycles. The van der Waals surface area contributed by atoms with Crippen LogP contribution in [0.1, 0.15) is 41.3 Å². The molecule has 0 bridgehead atoms. The summed E-state index contributed by atoms with van der Waals surface area (Å²) in [6, 6.07) is 1.41.